The molecule has 0 aromatic carbocycles. The van der Waals surface area contributed by atoms with Crippen molar-refractivity contribution in [1.82, 2.24) is 0 Å². The number of ketones is 2. The molecule has 6 atom stereocenters. The Hall–Kier alpha value is -5.24. The highest BCUT2D eigenvalue weighted by atomic mass is 16.6. The van der Waals surface area contributed by atoms with Crippen LogP contribution in [0.25, 0.3) is 0 Å². The maximum Gasteiger partial charge on any atom is 0.346 e. The predicted octanol–water partition coefficient (Wildman–Crippen LogP) is 9.81. The first-order valence-electron chi connectivity index (χ1n) is 20.7. The predicted molar refractivity (Wildman–Crippen MR) is 224 cm³/mol. The Balaban J connectivity index is 0.000000177. The van der Waals surface area contributed by atoms with Gasteiger partial charge in [0.25, 0.3) is 0 Å². The summed E-state index contributed by atoms with van der Waals surface area (Å²) in [6, 6.07) is 0. The molecule has 0 amide bonds. The van der Waals surface area contributed by atoms with E-state index in [1.807, 2.05) is 39.8 Å². The Morgan fingerprint density at radius 1 is 0.534 bits per heavy atom. The molecule has 0 unspecified atom stereocenters. The quantitative estimate of drug-likeness (QED) is 0.136. The summed E-state index contributed by atoms with van der Waals surface area (Å²) in [7, 11) is 0. The van der Waals surface area contributed by atoms with Crippen molar-refractivity contribution in [1.29, 1.82) is 0 Å². The molecule has 0 saturated carbocycles. The van der Waals surface area contributed by atoms with E-state index in [4.69, 9.17) is 18.9 Å². The molecule has 2 fully saturated rings. The SMILES string of the molecule is CC1=C[C@]2(C)/C=C(C)/C=C/CC/C=C3C=C/C(=C4\C(=O)O[C@]2(C[C@@H]1C)C4=O)OC/3.CC1=C[C@]2(C)/C=C(C)/C=C/CC/C=C3C=C/C(=C4\C(=O)O[C@]2(C[C@@H]1C)C4=O)OC/3. The molecular weight excluding hydrogens is 729 g/mol. The lowest BCUT2D eigenvalue weighted by atomic mass is 9.61. The maximum absolute atomic E-state index is 13.8. The molecule has 10 aliphatic rings. The van der Waals surface area contributed by atoms with Crippen molar-refractivity contribution in [3.05, 3.63) is 141 Å². The van der Waals surface area contributed by atoms with Crippen LogP contribution in [0.4, 0.5) is 0 Å². The van der Waals surface area contributed by atoms with Crippen LogP contribution in [0.2, 0.25) is 0 Å². The van der Waals surface area contributed by atoms with E-state index >= 15 is 0 Å². The zero-order valence-corrected chi connectivity index (χ0v) is 35.2. The van der Waals surface area contributed by atoms with Gasteiger partial charge in [-0.25, -0.2) is 9.59 Å². The summed E-state index contributed by atoms with van der Waals surface area (Å²) in [6.45, 7) is 17.1. The van der Waals surface area contributed by atoms with Gasteiger partial charge >= 0.3 is 11.9 Å². The summed E-state index contributed by atoms with van der Waals surface area (Å²) in [5, 5.41) is 0. The lowest BCUT2D eigenvalue weighted by Gasteiger charge is -2.45. The van der Waals surface area contributed by atoms with E-state index in [0.29, 0.717) is 37.6 Å². The van der Waals surface area contributed by atoms with Crippen LogP contribution in [0.15, 0.2) is 141 Å². The fraction of sp³-hybridized carbons (Fsp3) is 0.440. The van der Waals surface area contributed by atoms with Crippen LogP contribution >= 0.6 is 0 Å². The monoisotopic (exact) mass is 784 g/mol. The first kappa shape index (κ1) is 40.9. The molecule has 10 rings (SSSR count). The molecule has 8 nitrogen and oxygen atoms in total. The van der Waals surface area contributed by atoms with Crippen LogP contribution in [-0.2, 0) is 38.1 Å². The van der Waals surface area contributed by atoms with Crippen molar-refractivity contribution in [2.45, 2.75) is 105 Å². The Bertz CT molecular complexity index is 2070. The number of carbonyl (C=O) groups excluding carboxylic acids is 4. The minimum atomic E-state index is -1.24. The van der Waals surface area contributed by atoms with Gasteiger partial charge in [0.2, 0.25) is 11.6 Å². The number of hydrogen-bond acceptors (Lipinski definition) is 8. The molecule has 2 spiro atoms. The first-order chi connectivity index (χ1) is 27.5. The Labute approximate surface area is 342 Å². The van der Waals surface area contributed by atoms with Crippen LogP contribution in [-0.4, -0.2) is 47.9 Å². The number of carbonyl (C=O) groups is 4. The average molecular weight is 785 g/mol. The fourth-order valence-electron chi connectivity index (χ4n) is 9.66. The van der Waals surface area contributed by atoms with Gasteiger partial charge in [0.15, 0.2) is 11.2 Å². The first-order valence-corrected chi connectivity index (χ1v) is 20.7. The standard InChI is InChI=1S/2C25H28O4/c2*1-16-8-6-5-7-9-19-10-11-20(28-15-19)21-22(26)25(29-23(21)27)14-18(3)17(2)13-24(25,4)12-16/h2*6,8-13,18H,5,7,14-15H2,1-4H3/b2*8-6+,16-12+,19-9-,21-20+/t2*18-,24-,25+/m00/s1. The van der Waals surface area contributed by atoms with Gasteiger partial charge in [-0.05, 0) is 102 Å². The number of rotatable bonds is 0. The number of esters is 2. The molecular formula is C50H56O8. The van der Waals surface area contributed by atoms with Crippen LogP contribution in [0.5, 0.6) is 0 Å². The molecule has 58 heavy (non-hydrogen) atoms. The van der Waals surface area contributed by atoms with Gasteiger partial charge < -0.3 is 18.9 Å². The minimum absolute atomic E-state index is 0.0446. The molecule has 6 heterocycles. The topological polar surface area (TPSA) is 105 Å². The molecule has 304 valence electrons. The lowest BCUT2D eigenvalue weighted by molar-refractivity contribution is -0.162. The molecule has 4 aliphatic carbocycles. The van der Waals surface area contributed by atoms with E-state index < -0.39 is 34.0 Å². The van der Waals surface area contributed by atoms with Crippen molar-refractivity contribution >= 4 is 23.5 Å². The van der Waals surface area contributed by atoms with Crippen LogP contribution in [0.3, 0.4) is 0 Å². The van der Waals surface area contributed by atoms with Crippen LogP contribution < -0.4 is 0 Å². The Kier molecular flexibility index (Phi) is 10.9. The second-order valence-electron chi connectivity index (χ2n) is 17.7. The van der Waals surface area contributed by atoms with E-state index in [-0.39, 0.29) is 34.5 Å². The Morgan fingerprint density at radius 2 is 0.931 bits per heavy atom. The third kappa shape index (κ3) is 7.13. The minimum Gasteiger partial charge on any atom is -0.488 e. The number of ether oxygens (including phenoxy) is 4. The van der Waals surface area contributed by atoms with Crippen LogP contribution in [0.1, 0.15) is 93.9 Å². The summed E-state index contributed by atoms with van der Waals surface area (Å²) >= 11 is 0. The van der Waals surface area contributed by atoms with Crippen molar-refractivity contribution in [3.63, 3.8) is 0 Å². The second-order valence-corrected chi connectivity index (χ2v) is 17.7. The second kappa shape index (κ2) is 15.5. The third-order valence-electron chi connectivity index (χ3n) is 13.1. The highest BCUT2D eigenvalue weighted by Crippen LogP contribution is 2.55. The van der Waals surface area contributed by atoms with E-state index in [1.54, 1.807) is 12.2 Å². The highest BCUT2D eigenvalue weighted by Gasteiger charge is 2.65. The van der Waals surface area contributed by atoms with Crippen molar-refractivity contribution in [3.8, 4) is 0 Å². The molecule has 8 heteroatoms. The van der Waals surface area contributed by atoms with Crippen molar-refractivity contribution in [2.75, 3.05) is 13.2 Å². The van der Waals surface area contributed by atoms with E-state index in [0.717, 1.165) is 48.0 Å². The molecule has 0 aromatic rings. The number of fused-ring (bicyclic) bond motifs is 10. The van der Waals surface area contributed by atoms with Crippen molar-refractivity contribution in [2.24, 2.45) is 22.7 Å². The molecule has 8 bridgehead atoms. The van der Waals surface area contributed by atoms with Crippen LogP contribution in [0, 0.1) is 22.7 Å². The van der Waals surface area contributed by atoms with Gasteiger partial charge in [-0.15, -0.1) is 0 Å². The smallest absolute Gasteiger partial charge is 0.346 e. The summed E-state index contributed by atoms with van der Waals surface area (Å²) < 4.78 is 23.6. The molecule has 0 N–H and O–H groups in total. The van der Waals surface area contributed by atoms with Crippen molar-refractivity contribution < 1.29 is 38.1 Å². The number of allylic oxidation sites excluding steroid dienone is 12. The van der Waals surface area contributed by atoms with E-state index in [2.05, 4.69) is 88.5 Å². The number of Topliss-reactive ketones (excluding diaryl/α,β-unsaturated/α-hetero) is 2. The van der Waals surface area contributed by atoms with Gasteiger partial charge in [0.1, 0.15) is 35.9 Å². The maximum atomic E-state index is 13.8. The third-order valence-corrected chi connectivity index (χ3v) is 13.1. The summed E-state index contributed by atoms with van der Waals surface area (Å²) in [5.74, 6) is -0.760. The fourth-order valence-corrected chi connectivity index (χ4v) is 9.66. The summed E-state index contributed by atoms with van der Waals surface area (Å²) in [5.41, 5.74) is 2.76. The van der Waals surface area contributed by atoms with Gasteiger partial charge in [-0.3, -0.25) is 9.59 Å². The molecule has 0 aromatic heterocycles. The van der Waals surface area contributed by atoms with E-state index in [1.165, 1.54) is 11.1 Å². The highest BCUT2D eigenvalue weighted by molar-refractivity contribution is 6.27. The largest absolute Gasteiger partial charge is 0.488 e. The average Bonchev–Trinajstić information content (AvgIpc) is 3.57. The molecule has 6 aliphatic heterocycles. The van der Waals surface area contributed by atoms with Gasteiger partial charge in [0, 0.05) is 12.8 Å². The Morgan fingerprint density at radius 3 is 1.29 bits per heavy atom. The number of hydrogen-bond donors (Lipinski definition) is 0. The van der Waals surface area contributed by atoms with E-state index in [9.17, 15) is 19.2 Å². The summed E-state index contributed by atoms with van der Waals surface area (Å²) in [6.07, 6.45) is 33.0. The zero-order chi connectivity index (χ0) is 41.6. The van der Waals surface area contributed by atoms with Gasteiger partial charge in [0.05, 0.1) is 10.8 Å². The zero-order valence-electron chi connectivity index (χ0n) is 35.2. The van der Waals surface area contributed by atoms with Gasteiger partial charge in [-0.1, -0.05) is 109 Å². The molecule has 0 radical (unpaired) electrons. The lowest BCUT2D eigenvalue weighted by Crippen LogP contribution is -2.53. The van der Waals surface area contributed by atoms with Gasteiger partial charge in [-0.2, -0.15) is 0 Å². The summed E-state index contributed by atoms with van der Waals surface area (Å²) in [4.78, 5) is 53.4. The normalized spacial score (nSPS) is 41.7. The molecule has 2 saturated heterocycles.